The van der Waals surface area contributed by atoms with Crippen molar-refractivity contribution in [2.24, 2.45) is 0 Å². The molecular weight excluding hydrogens is 324 g/mol. The summed E-state index contributed by atoms with van der Waals surface area (Å²) in [5, 5.41) is 6.85. The SMILES string of the molecule is COCCNCC(=O)NC(Cc1ccccc1Cl)c1ccccc1. The van der Waals surface area contributed by atoms with Crippen LogP contribution in [0.25, 0.3) is 0 Å². The van der Waals surface area contributed by atoms with Crippen LogP contribution in [0.5, 0.6) is 0 Å². The molecule has 2 N–H and O–H groups in total. The van der Waals surface area contributed by atoms with Gasteiger partial charge in [-0.2, -0.15) is 0 Å². The van der Waals surface area contributed by atoms with Gasteiger partial charge in [-0.3, -0.25) is 4.79 Å². The molecule has 2 aromatic rings. The molecule has 0 spiro atoms. The zero-order chi connectivity index (χ0) is 17.2. The third-order valence-corrected chi connectivity index (χ3v) is 4.06. The largest absolute Gasteiger partial charge is 0.383 e. The highest BCUT2D eigenvalue weighted by atomic mass is 35.5. The number of benzene rings is 2. The van der Waals surface area contributed by atoms with E-state index in [2.05, 4.69) is 10.6 Å². The molecule has 0 radical (unpaired) electrons. The van der Waals surface area contributed by atoms with Gasteiger partial charge in [-0.25, -0.2) is 0 Å². The molecule has 1 unspecified atom stereocenters. The Kier molecular flexibility index (Phi) is 7.75. The molecule has 24 heavy (non-hydrogen) atoms. The number of carbonyl (C=O) groups is 1. The molecule has 2 aromatic carbocycles. The molecule has 1 amide bonds. The average Bonchev–Trinajstić information content (AvgIpc) is 2.61. The van der Waals surface area contributed by atoms with E-state index in [0.717, 1.165) is 11.1 Å². The van der Waals surface area contributed by atoms with E-state index >= 15 is 0 Å². The fourth-order valence-corrected chi connectivity index (χ4v) is 2.66. The number of rotatable bonds is 9. The van der Waals surface area contributed by atoms with E-state index in [1.165, 1.54) is 0 Å². The first-order valence-corrected chi connectivity index (χ1v) is 8.36. The highest BCUT2D eigenvalue weighted by Gasteiger charge is 2.16. The van der Waals surface area contributed by atoms with Crippen molar-refractivity contribution in [2.45, 2.75) is 12.5 Å². The lowest BCUT2D eigenvalue weighted by atomic mass is 9.98. The van der Waals surface area contributed by atoms with Crippen molar-refractivity contribution in [3.05, 3.63) is 70.7 Å². The standard InChI is InChI=1S/C19H23ClN2O2/c1-24-12-11-21-14-19(23)22-18(15-7-3-2-4-8-15)13-16-9-5-6-10-17(16)20/h2-10,18,21H,11-14H2,1H3,(H,22,23). The van der Waals surface area contributed by atoms with Crippen molar-refractivity contribution in [3.63, 3.8) is 0 Å². The molecule has 0 aliphatic rings. The van der Waals surface area contributed by atoms with Crippen LogP contribution in [-0.4, -0.2) is 32.7 Å². The van der Waals surface area contributed by atoms with Gasteiger partial charge in [0.25, 0.3) is 0 Å². The maximum Gasteiger partial charge on any atom is 0.234 e. The molecule has 0 saturated carbocycles. The maximum atomic E-state index is 12.2. The lowest BCUT2D eigenvalue weighted by Crippen LogP contribution is -2.38. The second kappa shape index (κ2) is 10.1. The van der Waals surface area contributed by atoms with Gasteiger partial charge in [-0.05, 0) is 23.6 Å². The second-order valence-corrected chi connectivity index (χ2v) is 5.90. The van der Waals surface area contributed by atoms with Crippen LogP contribution < -0.4 is 10.6 Å². The molecule has 2 rings (SSSR count). The minimum Gasteiger partial charge on any atom is -0.383 e. The molecule has 128 valence electrons. The van der Waals surface area contributed by atoms with Crippen molar-refractivity contribution < 1.29 is 9.53 Å². The molecule has 0 heterocycles. The number of methoxy groups -OCH3 is 1. The van der Waals surface area contributed by atoms with Gasteiger partial charge < -0.3 is 15.4 Å². The van der Waals surface area contributed by atoms with Crippen molar-refractivity contribution in [1.82, 2.24) is 10.6 Å². The molecule has 1 atom stereocenters. The van der Waals surface area contributed by atoms with Gasteiger partial charge in [0, 0.05) is 18.7 Å². The van der Waals surface area contributed by atoms with E-state index in [9.17, 15) is 4.79 Å². The number of halogens is 1. The third kappa shape index (κ3) is 5.96. The summed E-state index contributed by atoms with van der Waals surface area (Å²) in [7, 11) is 1.64. The van der Waals surface area contributed by atoms with Crippen molar-refractivity contribution in [2.75, 3.05) is 26.8 Å². The van der Waals surface area contributed by atoms with Crippen molar-refractivity contribution >= 4 is 17.5 Å². The summed E-state index contributed by atoms with van der Waals surface area (Å²) < 4.78 is 4.96. The first-order chi connectivity index (χ1) is 11.7. The zero-order valence-corrected chi connectivity index (χ0v) is 14.6. The molecule has 0 aliphatic carbocycles. The fraction of sp³-hybridized carbons (Fsp3) is 0.316. The second-order valence-electron chi connectivity index (χ2n) is 5.50. The van der Waals surface area contributed by atoms with Gasteiger partial charge in [0.2, 0.25) is 5.91 Å². The Morgan fingerprint density at radius 2 is 1.83 bits per heavy atom. The van der Waals surface area contributed by atoms with E-state index < -0.39 is 0 Å². The smallest absolute Gasteiger partial charge is 0.234 e. The Labute approximate surface area is 148 Å². The van der Waals surface area contributed by atoms with E-state index in [4.69, 9.17) is 16.3 Å². The lowest BCUT2D eigenvalue weighted by Gasteiger charge is -2.20. The maximum absolute atomic E-state index is 12.2. The lowest BCUT2D eigenvalue weighted by molar-refractivity contribution is -0.121. The summed E-state index contributed by atoms with van der Waals surface area (Å²) in [4.78, 5) is 12.2. The Morgan fingerprint density at radius 1 is 1.12 bits per heavy atom. The highest BCUT2D eigenvalue weighted by Crippen LogP contribution is 2.23. The molecule has 5 heteroatoms. The molecule has 0 aromatic heterocycles. The van der Waals surface area contributed by atoms with Crippen LogP contribution in [0, 0.1) is 0 Å². The van der Waals surface area contributed by atoms with Crippen LogP contribution in [0.4, 0.5) is 0 Å². The molecule has 0 fully saturated rings. The van der Waals surface area contributed by atoms with Gasteiger partial charge in [-0.1, -0.05) is 60.1 Å². The quantitative estimate of drug-likeness (QED) is 0.686. The summed E-state index contributed by atoms with van der Waals surface area (Å²) in [6, 6.07) is 17.5. The van der Waals surface area contributed by atoms with Gasteiger partial charge in [0.1, 0.15) is 0 Å². The minimum atomic E-state index is -0.122. The van der Waals surface area contributed by atoms with E-state index in [1.54, 1.807) is 7.11 Å². The van der Waals surface area contributed by atoms with Crippen LogP contribution in [-0.2, 0) is 16.0 Å². The highest BCUT2D eigenvalue weighted by molar-refractivity contribution is 6.31. The summed E-state index contributed by atoms with van der Waals surface area (Å²) in [6.45, 7) is 1.48. The van der Waals surface area contributed by atoms with Crippen LogP contribution >= 0.6 is 11.6 Å². The number of ether oxygens (including phenoxy) is 1. The Hall–Kier alpha value is -1.88. The summed E-state index contributed by atoms with van der Waals surface area (Å²) in [5.41, 5.74) is 2.07. The minimum absolute atomic E-state index is 0.0491. The van der Waals surface area contributed by atoms with Crippen LogP contribution in [0.15, 0.2) is 54.6 Å². The number of hydrogen-bond acceptors (Lipinski definition) is 3. The fourth-order valence-electron chi connectivity index (χ4n) is 2.44. The van der Waals surface area contributed by atoms with Gasteiger partial charge >= 0.3 is 0 Å². The van der Waals surface area contributed by atoms with E-state index in [0.29, 0.717) is 24.6 Å². The summed E-state index contributed by atoms with van der Waals surface area (Å²) in [6.07, 6.45) is 0.646. The third-order valence-electron chi connectivity index (χ3n) is 3.69. The molecular formula is C19H23ClN2O2. The molecule has 0 saturated heterocycles. The van der Waals surface area contributed by atoms with Crippen LogP contribution in [0.3, 0.4) is 0 Å². The van der Waals surface area contributed by atoms with E-state index in [-0.39, 0.29) is 18.5 Å². The van der Waals surface area contributed by atoms with Crippen molar-refractivity contribution in [3.8, 4) is 0 Å². The summed E-state index contributed by atoms with van der Waals surface area (Å²) >= 11 is 6.27. The Bertz CT molecular complexity index is 634. The zero-order valence-electron chi connectivity index (χ0n) is 13.8. The first kappa shape index (κ1) is 18.5. The van der Waals surface area contributed by atoms with Crippen LogP contribution in [0.2, 0.25) is 5.02 Å². The number of nitrogens with one attached hydrogen (secondary N) is 2. The van der Waals surface area contributed by atoms with Gasteiger partial charge in [0.15, 0.2) is 0 Å². The number of hydrogen-bond donors (Lipinski definition) is 2. The normalized spacial score (nSPS) is 11.9. The number of amides is 1. The predicted molar refractivity (Wildman–Crippen MR) is 97.2 cm³/mol. The Balaban J connectivity index is 2.04. The Morgan fingerprint density at radius 3 is 2.54 bits per heavy atom. The predicted octanol–water partition coefficient (Wildman–Crippen LogP) is 2.98. The van der Waals surface area contributed by atoms with E-state index in [1.807, 2.05) is 54.6 Å². The summed E-state index contributed by atoms with van der Waals surface area (Å²) in [5.74, 6) is -0.0491. The monoisotopic (exact) mass is 346 g/mol. The van der Waals surface area contributed by atoms with Crippen molar-refractivity contribution in [1.29, 1.82) is 0 Å². The molecule has 0 bridgehead atoms. The van der Waals surface area contributed by atoms with Gasteiger partial charge in [-0.15, -0.1) is 0 Å². The van der Waals surface area contributed by atoms with Gasteiger partial charge in [0.05, 0.1) is 19.2 Å². The van der Waals surface area contributed by atoms with Crippen LogP contribution in [0.1, 0.15) is 17.2 Å². The number of carbonyl (C=O) groups excluding carboxylic acids is 1. The first-order valence-electron chi connectivity index (χ1n) is 7.98. The topological polar surface area (TPSA) is 50.4 Å². The molecule has 0 aliphatic heterocycles. The average molecular weight is 347 g/mol. The molecule has 4 nitrogen and oxygen atoms in total.